The molecular formula is C52H34N2S2. The van der Waals surface area contributed by atoms with Crippen LogP contribution in [0.4, 0.5) is 34.1 Å². The number of hydrogen-bond donors (Lipinski definition) is 0. The van der Waals surface area contributed by atoms with Crippen LogP contribution in [0.3, 0.4) is 0 Å². The van der Waals surface area contributed by atoms with E-state index in [4.69, 9.17) is 0 Å². The maximum atomic E-state index is 2.41. The molecule has 4 heteroatoms. The Morgan fingerprint density at radius 1 is 0.268 bits per heavy atom. The second kappa shape index (κ2) is 13.5. The summed E-state index contributed by atoms with van der Waals surface area (Å²) in [4.78, 5) is 4.77. The zero-order chi connectivity index (χ0) is 37.0. The zero-order valence-electron chi connectivity index (χ0n) is 30.3. The number of hydrogen-bond acceptors (Lipinski definition) is 4. The van der Waals surface area contributed by atoms with Crippen molar-refractivity contribution in [1.29, 1.82) is 0 Å². The number of thiophene rings is 2. The van der Waals surface area contributed by atoms with Crippen LogP contribution in [0.25, 0.3) is 62.2 Å². The van der Waals surface area contributed by atoms with Crippen LogP contribution in [0.15, 0.2) is 206 Å². The van der Waals surface area contributed by atoms with Crippen molar-refractivity contribution < 1.29 is 0 Å². The summed E-state index contributed by atoms with van der Waals surface area (Å²) >= 11 is 3.71. The molecule has 9 aromatic carbocycles. The highest BCUT2D eigenvalue weighted by atomic mass is 32.1. The van der Waals surface area contributed by atoms with Gasteiger partial charge in [0.15, 0.2) is 0 Å². The first-order valence-electron chi connectivity index (χ1n) is 18.9. The molecule has 0 radical (unpaired) electrons. The lowest BCUT2D eigenvalue weighted by molar-refractivity contribution is 1.29. The minimum atomic E-state index is 1.12. The fourth-order valence-corrected chi connectivity index (χ4v) is 10.5. The lowest BCUT2D eigenvalue weighted by Crippen LogP contribution is -2.10. The average molecular weight is 751 g/mol. The fourth-order valence-electron chi connectivity index (χ4n) is 8.26. The molecule has 0 aliphatic carbocycles. The van der Waals surface area contributed by atoms with E-state index in [0.717, 1.165) is 34.1 Å². The summed E-state index contributed by atoms with van der Waals surface area (Å²) in [5, 5.41) is 7.66. The van der Waals surface area contributed by atoms with Crippen LogP contribution in [0, 0.1) is 0 Å². The van der Waals surface area contributed by atoms with Gasteiger partial charge in [-0.25, -0.2) is 0 Å². The Hall–Kier alpha value is -6.72. The van der Waals surface area contributed by atoms with Crippen LogP contribution >= 0.6 is 22.7 Å². The second-order valence-electron chi connectivity index (χ2n) is 14.1. The van der Waals surface area contributed by atoms with Crippen LogP contribution in [-0.2, 0) is 0 Å². The summed E-state index contributed by atoms with van der Waals surface area (Å²) in [5.41, 5.74) is 9.22. The minimum Gasteiger partial charge on any atom is -0.310 e. The van der Waals surface area contributed by atoms with Crippen molar-refractivity contribution in [2.75, 3.05) is 9.80 Å². The Balaban J connectivity index is 1.01. The minimum absolute atomic E-state index is 1.12. The number of benzene rings is 9. The van der Waals surface area contributed by atoms with E-state index in [2.05, 4.69) is 216 Å². The van der Waals surface area contributed by atoms with Gasteiger partial charge in [-0.3, -0.25) is 0 Å². The van der Waals surface area contributed by atoms with Gasteiger partial charge < -0.3 is 9.80 Å². The van der Waals surface area contributed by atoms with Gasteiger partial charge in [-0.1, -0.05) is 127 Å². The second-order valence-corrected chi connectivity index (χ2v) is 16.3. The van der Waals surface area contributed by atoms with E-state index in [1.165, 1.54) is 62.2 Å². The fraction of sp³-hybridized carbons (Fsp3) is 0. The maximum absolute atomic E-state index is 2.41. The highest BCUT2D eigenvalue weighted by Crippen LogP contribution is 2.45. The molecule has 0 unspecified atom stereocenters. The summed E-state index contributed by atoms with van der Waals surface area (Å²) in [6.45, 7) is 0. The molecule has 56 heavy (non-hydrogen) atoms. The predicted molar refractivity (Wildman–Crippen MR) is 245 cm³/mol. The summed E-state index contributed by atoms with van der Waals surface area (Å²) in [6.07, 6.45) is 0. The summed E-state index contributed by atoms with van der Waals surface area (Å²) in [6, 6.07) is 75.1. The van der Waals surface area contributed by atoms with Gasteiger partial charge in [-0.05, 0) is 95.4 Å². The molecule has 0 aliphatic heterocycles. The highest BCUT2D eigenvalue weighted by molar-refractivity contribution is 7.26. The molecule has 0 amide bonds. The van der Waals surface area contributed by atoms with Crippen LogP contribution in [-0.4, -0.2) is 0 Å². The lowest BCUT2D eigenvalue weighted by atomic mass is 9.96. The smallest absolute Gasteiger partial charge is 0.0540 e. The lowest BCUT2D eigenvalue weighted by Gasteiger charge is -2.28. The number of para-hydroxylation sites is 2. The topological polar surface area (TPSA) is 6.48 Å². The Morgan fingerprint density at radius 3 is 1.29 bits per heavy atom. The molecule has 0 fully saturated rings. The molecule has 2 aromatic heterocycles. The van der Waals surface area contributed by atoms with Crippen LogP contribution in [0.5, 0.6) is 0 Å². The van der Waals surface area contributed by atoms with Crippen molar-refractivity contribution in [3.05, 3.63) is 206 Å². The normalized spacial score (nSPS) is 11.6. The van der Waals surface area contributed by atoms with E-state index in [9.17, 15) is 0 Å². The summed E-state index contributed by atoms with van der Waals surface area (Å²) in [7, 11) is 0. The van der Waals surface area contributed by atoms with Gasteiger partial charge in [0.1, 0.15) is 0 Å². The van der Waals surface area contributed by atoms with Gasteiger partial charge >= 0.3 is 0 Å². The first-order chi connectivity index (χ1) is 27.8. The molecule has 2 nitrogen and oxygen atoms in total. The van der Waals surface area contributed by atoms with E-state index in [1.54, 1.807) is 0 Å². The number of fused-ring (bicyclic) bond motifs is 7. The molecule has 0 bridgehead atoms. The van der Waals surface area contributed by atoms with Crippen molar-refractivity contribution in [2.45, 2.75) is 0 Å². The Labute approximate surface area is 333 Å². The molecule has 11 aromatic rings. The molecule has 0 aliphatic rings. The quantitative estimate of drug-likeness (QED) is 0.160. The van der Waals surface area contributed by atoms with Gasteiger partial charge in [0, 0.05) is 74.2 Å². The molecule has 0 saturated heterocycles. The van der Waals surface area contributed by atoms with Crippen molar-refractivity contribution in [3.63, 3.8) is 0 Å². The number of rotatable bonds is 7. The number of anilines is 6. The Bertz CT molecular complexity index is 3200. The zero-order valence-corrected chi connectivity index (χ0v) is 32.0. The van der Waals surface area contributed by atoms with Crippen molar-refractivity contribution in [2.24, 2.45) is 0 Å². The van der Waals surface area contributed by atoms with E-state index in [0.29, 0.717) is 0 Å². The molecule has 0 saturated carbocycles. The van der Waals surface area contributed by atoms with Gasteiger partial charge in [-0.2, -0.15) is 0 Å². The van der Waals surface area contributed by atoms with Crippen molar-refractivity contribution in [1.82, 2.24) is 0 Å². The molecular weight excluding hydrogens is 717 g/mol. The molecule has 0 N–H and O–H groups in total. The van der Waals surface area contributed by atoms with Crippen LogP contribution in [0.1, 0.15) is 0 Å². The number of nitrogens with zero attached hydrogens (tertiary/aromatic N) is 2. The standard InChI is InChI=1S/C52H34N2S2/c1-3-13-36(14-4-1)53(39-27-29-46-44-19-9-11-21-49(44)55-51(46)33-39)38-25-23-35(24-26-38)41-31-32-48(43-18-8-7-17-42(41)43)54(37-15-5-2-6-16-37)40-28-30-47-45-20-10-12-22-50(45)56-52(47)34-40/h1-34H. The van der Waals surface area contributed by atoms with E-state index >= 15 is 0 Å². The van der Waals surface area contributed by atoms with Gasteiger partial charge in [-0.15, -0.1) is 22.7 Å². The van der Waals surface area contributed by atoms with Gasteiger partial charge in [0.25, 0.3) is 0 Å². The predicted octanol–water partition coefficient (Wildman–Crippen LogP) is 16.2. The van der Waals surface area contributed by atoms with Gasteiger partial charge in [0.2, 0.25) is 0 Å². The first kappa shape index (κ1) is 32.7. The first-order valence-corrected chi connectivity index (χ1v) is 20.6. The monoisotopic (exact) mass is 750 g/mol. The molecule has 264 valence electrons. The maximum Gasteiger partial charge on any atom is 0.0540 e. The summed E-state index contributed by atoms with van der Waals surface area (Å²) < 4.78 is 5.22. The molecule has 2 heterocycles. The third kappa shape index (κ3) is 5.53. The van der Waals surface area contributed by atoms with Crippen LogP contribution < -0.4 is 9.80 Å². The average Bonchev–Trinajstić information content (AvgIpc) is 3.83. The Kier molecular flexibility index (Phi) is 7.90. The third-order valence-electron chi connectivity index (χ3n) is 10.8. The van der Waals surface area contributed by atoms with Crippen LogP contribution in [0.2, 0.25) is 0 Å². The Morgan fingerprint density at radius 2 is 0.696 bits per heavy atom. The molecule has 0 spiro atoms. The SMILES string of the molecule is c1ccc(N(c2ccc(-c3ccc(N(c4ccccc4)c4ccc5c(c4)sc4ccccc45)c4ccccc34)cc2)c2ccc3c(c2)sc2ccccc23)cc1. The third-order valence-corrected chi connectivity index (χ3v) is 13.1. The summed E-state index contributed by atoms with van der Waals surface area (Å²) in [5.74, 6) is 0. The van der Waals surface area contributed by atoms with E-state index in [1.807, 2.05) is 22.7 Å². The van der Waals surface area contributed by atoms with E-state index in [-0.39, 0.29) is 0 Å². The van der Waals surface area contributed by atoms with Crippen molar-refractivity contribution in [3.8, 4) is 11.1 Å². The molecule has 11 rings (SSSR count). The largest absolute Gasteiger partial charge is 0.310 e. The van der Waals surface area contributed by atoms with E-state index < -0.39 is 0 Å². The highest BCUT2D eigenvalue weighted by Gasteiger charge is 2.19. The van der Waals surface area contributed by atoms with Crippen molar-refractivity contribution >= 4 is 108 Å². The molecule has 0 atom stereocenters. The van der Waals surface area contributed by atoms with Gasteiger partial charge in [0.05, 0.1) is 5.69 Å².